The number of carbonyl (C=O) groups is 5. The summed E-state index contributed by atoms with van der Waals surface area (Å²) < 4.78 is 62.0. The van der Waals surface area contributed by atoms with E-state index in [0.29, 0.717) is 30.3 Å². The van der Waals surface area contributed by atoms with E-state index in [1.807, 2.05) is 22.6 Å². The third kappa shape index (κ3) is 12.9. The average molecular weight is 1080 g/mol. The molecule has 4 N–H and O–H groups in total. The molecule has 3 heterocycles. The number of benzene rings is 3. The van der Waals surface area contributed by atoms with Crippen molar-refractivity contribution in [1.29, 1.82) is 0 Å². The molecule has 0 atom stereocenters. The van der Waals surface area contributed by atoms with Gasteiger partial charge in [-0.25, -0.2) is 41.6 Å². The maximum absolute atomic E-state index is 14.3. The van der Waals surface area contributed by atoms with Crippen LogP contribution in [-0.2, 0) is 24.3 Å². The molecule has 0 spiro atoms. The molecule has 7 rings (SSSR count). The summed E-state index contributed by atoms with van der Waals surface area (Å²) in [6, 6.07) is 11.6. The highest BCUT2D eigenvalue weighted by Gasteiger charge is 2.40. The van der Waals surface area contributed by atoms with Crippen molar-refractivity contribution in [3.8, 4) is 17.5 Å². The number of allylic oxidation sites excluding steroid dienone is 1. The van der Waals surface area contributed by atoms with E-state index >= 15 is 0 Å². The van der Waals surface area contributed by atoms with E-state index in [-0.39, 0.29) is 46.1 Å². The highest BCUT2D eigenvalue weighted by Crippen LogP contribution is 2.38. The number of rotatable bonds is 11. The number of cyclic esters (lactones) is 1. The van der Waals surface area contributed by atoms with Crippen LogP contribution in [0.4, 0.5) is 25.6 Å². The van der Waals surface area contributed by atoms with Gasteiger partial charge >= 0.3 is 36.0 Å². The van der Waals surface area contributed by atoms with Crippen LogP contribution in [0.5, 0.6) is 17.5 Å². The summed E-state index contributed by atoms with van der Waals surface area (Å²) in [5, 5.41) is 21.2. The van der Waals surface area contributed by atoms with Crippen molar-refractivity contribution < 1.29 is 65.9 Å². The molecule has 1 aliphatic heterocycles. The number of nitrogens with zero attached hydrogens (tertiary/aromatic N) is 5. The molecule has 25 heteroatoms. The zero-order valence-electron chi connectivity index (χ0n) is 34.9. The van der Waals surface area contributed by atoms with Crippen molar-refractivity contribution in [2.75, 3.05) is 23.9 Å². The molecule has 4 amide bonds. The zero-order valence-corrected chi connectivity index (χ0v) is 39.4. The van der Waals surface area contributed by atoms with E-state index < -0.39 is 62.9 Å². The minimum Gasteiger partial charge on any atom is -0.489 e. The van der Waals surface area contributed by atoms with Crippen LogP contribution in [0.25, 0.3) is 10.9 Å². The topological polar surface area (TPSA) is 276 Å². The molecule has 66 heavy (non-hydrogen) atoms. The number of aryl methyl sites for hydroxylation is 1. The number of carboxylic acids is 2. The largest absolute Gasteiger partial charge is 0.489 e. The number of urea groups is 1. The Labute approximate surface area is 398 Å². The zero-order chi connectivity index (χ0) is 48.5. The molecule has 3 aromatic carbocycles. The van der Waals surface area contributed by atoms with Crippen molar-refractivity contribution in [3.05, 3.63) is 103 Å². The average Bonchev–Trinajstić information content (AvgIpc) is 3.88. The first kappa shape index (κ1) is 50.6. The standard InChI is InChI=1S/C17H17ClFNO4.C13H12IN5O6S.C11H8ClNO3/c1-9(2)15-16(21)20(17(22)24-15)13-8-14(11(18)7-12(13)19)23-10-5-3-4-6-10;1-6-15-11(18-13(16-6)25-2)17-12(22)19-26(23,24)9-5-7(14)3-4-8(9)10(20)21;12-8-3-4-9(16-6-10(14)15)11-7(8)2-1-5-13-11/h7-8,10H,3-6H2,1-2H3;3-5H,1-2H3,(H,20,21)(H2,15,16,17,18,19,22);1-5H,6H2,(H,14,15). The smallest absolute Gasteiger partial charge is 0.427 e. The quantitative estimate of drug-likeness (QED) is 0.0722. The number of carbonyl (C=O) groups excluding carboxylic acids is 3. The number of halogens is 4. The summed E-state index contributed by atoms with van der Waals surface area (Å²) in [5.41, 5.74) is 0.408. The summed E-state index contributed by atoms with van der Waals surface area (Å²) in [7, 11) is -3.14. The van der Waals surface area contributed by atoms with Crippen LogP contribution in [0.2, 0.25) is 10.0 Å². The van der Waals surface area contributed by atoms with Gasteiger partial charge in [0.25, 0.3) is 10.0 Å². The fourth-order valence-corrected chi connectivity index (χ4v) is 8.27. The van der Waals surface area contributed by atoms with Gasteiger partial charge in [-0.2, -0.15) is 15.0 Å². The van der Waals surface area contributed by atoms with Crippen LogP contribution in [0.1, 0.15) is 55.7 Å². The molecule has 0 unspecified atom stereocenters. The number of ether oxygens (including phenoxy) is 4. The Morgan fingerprint density at radius 2 is 1.70 bits per heavy atom. The van der Waals surface area contributed by atoms with Crippen molar-refractivity contribution in [2.45, 2.75) is 57.5 Å². The van der Waals surface area contributed by atoms with Crippen molar-refractivity contribution in [2.24, 2.45) is 0 Å². The van der Waals surface area contributed by atoms with Crippen LogP contribution >= 0.6 is 45.8 Å². The predicted molar refractivity (Wildman–Crippen MR) is 243 cm³/mol. The van der Waals surface area contributed by atoms with E-state index in [2.05, 4.69) is 25.3 Å². The van der Waals surface area contributed by atoms with E-state index in [0.717, 1.165) is 49.3 Å². The monoisotopic (exact) mass is 1080 g/mol. The number of aromatic carboxylic acids is 1. The maximum Gasteiger partial charge on any atom is 0.427 e. The molecule has 5 aromatic rings. The lowest BCUT2D eigenvalue weighted by Crippen LogP contribution is -2.35. The lowest BCUT2D eigenvalue weighted by atomic mass is 10.2. The molecule has 1 aliphatic carbocycles. The number of fused-ring (bicyclic) bond motifs is 1. The minimum atomic E-state index is -4.45. The first-order chi connectivity index (χ1) is 31.2. The Kier molecular flexibility index (Phi) is 17.0. The minimum absolute atomic E-state index is 0.00962. The van der Waals surface area contributed by atoms with Crippen molar-refractivity contribution in [3.63, 3.8) is 0 Å². The van der Waals surface area contributed by atoms with Crippen LogP contribution in [0.15, 0.2) is 77.0 Å². The number of carboxylic acid groups (broad SMARTS) is 2. The fourth-order valence-electron chi connectivity index (χ4n) is 6.02. The number of anilines is 2. The van der Waals surface area contributed by atoms with Crippen LogP contribution in [0, 0.1) is 16.3 Å². The van der Waals surface area contributed by atoms with Gasteiger partial charge in [-0.15, -0.1) is 0 Å². The second-order valence-corrected chi connectivity index (χ2v) is 17.6. The summed E-state index contributed by atoms with van der Waals surface area (Å²) in [5.74, 6) is -3.38. The third-order valence-electron chi connectivity index (χ3n) is 8.92. The van der Waals surface area contributed by atoms with Gasteiger partial charge in [-0.1, -0.05) is 23.2 Å². The molecular weight excluding hydrogens is 1050 g/mol. The number of hydrogen-bond acceptors (Lipinski definition) is 15. The predicted octanol–water partition coefficient (Wildman–Crippen LogP) is 7.93. The number of amides is 4. The maximum atomic E-state index is 14.3. The summed E-state index contributed by atoms with van der Waals surface area (Å²) in [6.45, 7) is 4.40. The Balaban J connectivity index is 0.000000191. The molecular formula is C41H37Cl2FIN7O13S. The van der Waals surface area contributed by atoms with Crippen LogP contribution in [0.3, 0.4) is 0 Å². The Hall–Kier alpha value is -6.44. The highest BCUT2D eigenvalue weighted by molar-refractivity contribution is 14.1. The number of nitrogens with one attached hydrogen (secondary N) is 2. The van der Waals surface area contributed by atoms with Crippen molar-refractivity contribution in [1.82, 2.24) is 24.7 Å². The van der Waals surface area contributed by atoms with Crippen molar-refractivity contribution >= 4 is 108 Å². The summed E-state index contributed by atoms with van der Waals surface area (Å²) >= 11 is 13.8. The molecule has 2 aliphatic rings. The van der Waals surface area contributed by atoms with E-state index in [4.69, 9.17) is 52.4 Å². The SMILES string of the molecule is CC(C)=C1OC(=O)N(c2cc(OC3CCCC3)c(Cl)cc2F)C1=O.COc1nc(C)nc(NC(=O)NS(=O)(=O)c2cc(I)ccc2C(=O)O)n1.O=C(O)COc1ccc(Cl)c2cccnc12. The number of aliphatic carboxylic acids is 1. The molecule has 0 bridgehead atoms. The highest BCUT2D eigenvalue weighted by atomic mass is 127. The molecule has 2 aromatic heterocycles. The van der Waals surface area contributed by atoms with Gasteiger partial charge in [0.2, 0.25) is 5.95 Å². The first-order valence-electron chi connectivity index (χ1n) is 19.1. The van der Waals surface area contributed by atoms with Gasteiger partial charge in [0.15, 0.2) is 12.4 Å². The number of imide groups is 1. The normalized spacial score (nSPS) is 13.5. The Morgan fingerprint density at radius 3 is 2.33 bits per heavy atom. The van der Waals surface area contributed by atoms with Gasteiger partial charge in [-0.3, -0.25) is 15.1 Å². The lowest BCUT2D eigenvalue weighted by Gasteiger charge is -2.18. The second-order valence-electron chi connectivity index (χ2n) is 13.9. The Bertz CT molecular complexity index is 2870. The van der Waals surface area contributed by atoms with E-state index in [1.54, 1.807) is 49.0 Å². The van der Waals surface area contributed by atoms with Gasteiger partial charge in [0.05, 0.1) is 34.5 Å². The second kappa shape index (κ2) is 22.2. The number of methoxy groups -OCH3 is 1. The number of aromatic nitrogens is 4. The summed E-state index contributed by atoms with van der Waals surface area (Å²) in [4.78, 5) is 73.6. The number of sulfonamides is 1. The molecule has 1 saturated heterocycles. The van der Waals surface area contributed by atoms with Crippen LogP contribution in [-0.4, -0.2) is 88.4 Å². The first-order valence-corrected chi connectivity index (χ1v) is 22.4. The molecule has 1 saturated carbocycles. The van der Waals surface area contributed by atoms with Gasteiger partial charge in [0.1, 0.15) is 33.6 Å². The van der Waals surface area contributed by atoms with E-state index in [9.17, 15) is 36.8 Å². The molecule has 2 fully saturated rings. The van der Waals surface area contributed by atoms with E-state index in [1.165, 1.54) is 26.2 Å². The van der Waals surface area contributed by atoms with Gasteiger partial charge in [0, 0.05) is 21.2 Å². The molecule has 20 nitrogen and oxygen atoms in total. The number of pyridine rings is 1. The Morgan fingerprint density at radius 1 is 0.985 bits per heavy atom. The van der Waals surface area contributed by atoms with Crippen LogP contribution < -0.4 is 29.1 Å². The number of hydrogen-bond donors (Lipinski definition) is 4. The van der Waals surface area contributed by atoms with Gasteiger partial charge in [-0.05, 0) is 123 Å². The summed E-state index contributed by atoms with van der Waals surface area (Å²) in [6.07, 6.45) is 4.60. The lowest BCUT2D eigenvalue weighted by molar-refractivity contribution is -0.139. The third-order valence-corrected chi connectivity index (χ3v) is 11.6. The molecule has 348 valence electrons. The molecule has 0 radical (unpaired) electrons. The van der Waals surface area contributed by atoms with Gasteiger partial charge < -0.3 is 29.2 Å². The fraction of sp³-hybridized carbons (Fsp3) is 0.244.